The van der Waals surface area contributed by atoms with Gasteiger partial charge >= 0.3 is 0 Å². The monoisotopic (exact) mass is 443 g/mol. The number of hydrogen-bond acceptors (Lipinski definition) is 4. The molecule has 162 valence electrons. The lowest BCUT2D eigenvalue weighted by molar-refractivity contribution is -0.128. The van der Waals surface area contributed by atoms with E-state index in [1.54, 1.807) is 29.6 Å². The Morgan fingerprint density at radius 1 is 0.969 bits per heavy atom. The summed E-state index contributed by atoms with van der Waals surface area (Å²) in [7, 11) is 3.48. The normalized spacial score (nSPS) is 12.0. The van der Waals surface area contributed by atoms with E-state index >= 15 is 0 Å². The lowest BCUT2D eigenvalue weighted by Crippen LogP contribution is -2.28. The Hall–Kier alpha value is -3.38. The Labute approximate surface area is 191 Å². The molecule has 4 rings (SSSR count). The van der Waals surface area contributed by atoms with Gasteiger partial charge in [0.05, 0.1) is 17.4 Å². The molecule has 0 aliphatic rings. The van der Waals surface area contributed by atoms with E-state index in [-0.39, 0.29) is 11.5 Å². The minimum Gasteiger partial charge on any atom is -0.348 e. The van der Waals surface area contributed by atoms with Crippen LogP contribution in [0.3, 0.4) is 0 Å². The molecule has 3 aromatic carbocycles. The Balaban J connectivity index is 1.84. The summed E-state index contributed by atoms with van der Waals surface area (Å²) in [4.78, 5) is 32.9. The number of likely N-dealkylation sites (N-methyl/N-ethyl adjacent to an activating group) is 1. The molecule has 6 heteroatoms. The van der Waals surface area contributed by atoms with Crippen LogP contribution in [0, 0.1) is 6.92 Å². The van der Waals surface area contributed by atoms with Crippen LogP contribution in [0.1, 0.15) is 21.9 Å². The molecule has 0 N–H and O–H groups in total. The second-order valence-electron chi connectivity index (χ2n) is 7.93. The molecular weight excluding hydrogens is 418 g/mol. The van der Waals surface area contributed by atoms with Gasteiger partial charge in [0.1, 0.15) is 5.25 Å². The quantitative estimate of drug-likeness (QED) is 0.321. The van der Waals surface area contributed by atoms with Crippen molar-refractivity contribution < 1.29 is 4.79 Å². The molecule has 32 heavy (non-hydrogen) atoms. The molecule has 1 aromatic heterocycles. The summed E-state index contributed by atoms with van der Waals surface area (Å²) in [5, 5.41) is 0.584. The molecule has 1 atom stereocenters. The van der Waals surface area contributed by atoms with E-state index < -0.39 is 5.25 Å². The predicted molar refractivity (Wildman–Crippen MR) is 130 cm³/mol. The number of rotatable bonds is 6. The van der Waals surface area contributed by atoms with E-state index in [9.17, 15) is 9.59 Å². The molecule has 0 saturated heterocycles. The minimum atomic E-state index is -0.511. The highest BCUT2D eigenvalue weighted by atomic mass is 32.2. The second kappa shape index (κ2) is 9.40. The molecule has 0 unspecified atom stereocenters. The first kappa shape index (κ1) is 21.8. The van der Waals surface area contributed by atoms with Crippen molar-refractivity contribution >= 4 is 28.6 Å². The van der Waals surface area contributed by atoms with E-state index in [2.05, 4.69) is 0 Å². The number of benzene rings is 3. The summed E-state index contributed by atoms with van der Waals surface area (Å²) < 4.78 is 1.68. The number of hydrogen-bond donors (Lipinski definition) is 0. The standard InChI is InChI=1S/C26H25N3O2S/c1-18-13-15-19(16-14-18)17-29-24(30)21-11-7-8-12-22(21)27-26(29)32-23(25(31)28(2)3)20-9-5-4-6-10-20/h4-16,23H,17H2,1-3H3/t23-/m0/s1. The van der Waals surface area contributed by atoms with Gasteiger partial charge in [-0.05, 0) is 30.2 Å². The summed E-state index contributed by atoms with van der Waals surface area (Å²) in [6, 6.07) is 25.1. The number of amides is 1. The van der Waals surface area contributed by atoms with Gasteiger partial charge in [0.25, 0.3) is 5.56 Å². The van der Waals surface area contributed by atoms with Gasteiger partial charge in [-0.3, -0.25) is 14.2 Å². The highest BCUT2D eigenvalue weighted by Gasteiger charge is 2.26. The highest BCUT2D eigenvalue weighted by molar-refractivity contribution is 8.00. The fourth-order valence-corrected chi connectivity index (χ4v) is 4.72. The third-order valence-electron chi connectivity index (χ3n) is 5.28. The van der Waals surface area contributed by atoms with Crippen LogP contribution < -0.4 is 5.56 Å². The predicted octanol–water partition coefficient (Wildman–Crippen LogP) is 4.67. The highest BCUT2D eigenvalue weighted by Crippen LogP contribution is 2.35. The zero-order valence-electron chi connectivity index (χ0n) is 18.4. The average Bonchev–Trinajstić information content (AvgIpc) is 2.81. The fraction of sp³-hybridized carbons (Fsp3) is 0.192. The summed E-state index contributed by atoms with van der Waals surface area (Å²) >= 11 is 1.32. The van der Waals surface area contributed by atoms with Gasteiger partial charge in [0, 0.05) is 14.1 Å². The van der Waals surface area contributed by atoms with Crippen LogP contribution in [0.15, 0.2) is 88.8 Å². The number of carbonyl (C=O) groups is 1. The van der Waals surface area contributed by atoms with Crippen molar-refractivity contribution in [1.29, 1.82) is 0 Å². The Bertz CT molecular complexity index is 1300. The first-order chi connectivity index (χ1) is 15.4. The molecule has 0 saturated carbocycles. The van der Waals surface area contributed by atoms with Gasteiger partial charge in [-0.1, -0.05) is 84.1 Å². The van der Waals surface area contributed by atoms with Gasteiger partial charge < -0.3 is 4.90 Å². The number of para-hydroxylation sites is 1. The Kier molecular flexibility index (Phi) is 6.42. The van der Waals surface area contributed by atoms with Crippen molar-refractivity contribution in [2.45, 2.75) is 23.9 Å². The number of nitrogens with zero attached hydrogens (tertiary/aromatic N) is 3. The van der Waals surface area contributed by atoms with Crippen LogP contribution in [0.5, 0.6) is 0 Å². The number of aromatic nitrogens is 2. The fourth-order valence-electron chi connectivity index (χ4n) is 3.48. The number of fused-ring (bicyclic) bond motifs is 1. The van der Waals surface area contributed by atoms with Crippen molar-refractivity contribution in [3.05, 3.63) is 106 Å². The molecule has 0 aliphatic heterocycles. The zero-order valence-corrected chi connectivity index (χ0v) is 19.2. The molecule has 1 heterocycles. The van der Waals surface area contributed by atoms with Crippen molar-refractivity contribution in [2.75, 3.05) is 14.1 Å². The number of carbonyl (C=O) groups excluding carboxylic acids is 1. The molecule has 0 fully saturated rings. The van der Waals surface area contributed by atoms with Gasteiger partial charge in [0.15, 0.2) is 5.16 Å². The van der Waals surface area contributed by atoms with Crippen molar-refractivity contribution in [3.8, 4) is 0 Å². The van der Waals surface area contributed by atoms with Gasteiger partial charge in [-0.15, -0.1) is 0 Å². The molecular formula is C26H25N3O2S. The largest absolute Gasteiger partial charge is 0.348 e. The zero-order chi connectivity index (χ0) is 22.7. The maximum Gasteiger partial charge on any atom is 0.262 e. The second-order valence-corrected chi connectivity index (χ2v) is 9.00. The number of aryl methyl sites for hydroxylation is 1. The van der Waals surface area contributed by atoms with E-state index in [0.29, 0.717) is 22.6 Å². The lowest BCUT2D eigenvalue weighted by Gasteiger charge is -2.22. The summed E-state index contributed by atoms with van der Waals surface area (Å²) in [5.41, 5.74) is 3.56. The van der Waals surface area contributed by atoms with Crippen molar-refractivity contribution in [3.63, 3.8) is 0 Å². The minimum absolute atomic E-state index is 0.0505. The van der Waals surface area contributed by atoms with Gasteiger partial charge in [-0.25, -0.2) is 4.98 Å². The molecule has 5 nitrogen and oxygen atoms in total. The van der Waals surface area contributed by atoms with Crippen LogP contribution in [-0.4, -0.2) is 34.5 Å². The smallest absolute Gasteiger partial charge is 0.262 e. The van der Waals surface area contributed by atoms with E-state index in [0.717, 1.165) is 16.7 Å². The Morgan fingerprint density at radius 3 is 2.31 bits per heavy atom. The first-order valence-electron chi connectivity index (χ1n) is 10.4. The molecule has 1 amide bonds. The Morgan fingerprint density at radius 2 is 1.62 bits per heavy atom. The molecule has 0 spiro atoms. The lowest BCUT2D eigenvalue weighted by atomic mass is 10.1. The number of thioether (sulfide) groups is 1. The first-order valence-corrected chi connectivity index (χ1v) is 11.3. The van der Waals surface area contributed by atoms with E-state index in [1.165, 1.54) is 11.8 Å². The van der Waals surface area contributed by atoms with Crippen molar-refractivity contribution in [1.82, 2.24) is 14.5 Å². The molecule has 0 bridgehead atoms. The van der Waals surface area contributed by atoms with Gasteiger partial charge in [0.2, 0.25) is 5.91 Å². The summed E-state index contributed by atoms with van der Waals surface area (Å²) in [5.74, 6) is -0.0505. The molecule has 0 aliphatic carbocycles. The third-order valence-corrected chi connectivity index (χ3v) is 6.51. The van der Waals surface area contributed by atoms with Crippen molar-refractivity contribution in [2.24, 2.45) is 0 Å². The molecule has 0 radical (unpaired) electrons. The summed E-state index contributed by atoms with van der Waals surface area (Å²) in [6.45, 7) is 2.42. The van der Waals surface area contributed by atoms with Crippen LogP contribution >= 0.6 is 11.8 Å². The van der Waals surface area contributed by atoms with Crippen LogP contribution in [0.2, 0.25) is 0 Å². The topological polar surface area (TPSA) is 55.2 Å². The maximum atomic E-state index is 13.5. The average molecular weight is 444 g/mol. The summed E-state index contributed by atoms with van der Waals surface area (Å²) in [6.07, 6.45) is 0. The van der Waals surface area contributed by atoms with E-state index in [1.807, 2.05) is 79.7 Å². The molecule has 4 aromatic rings. The van der Waals surface area contributed by atoms with Crippen LogP contribution in [-0.2, 0) is 11.3 Å². The van der Waals surface area contributed by atoms with Gasteiger partial charge in [-0.2, -0.15) is 0 Å². The SMILES string of the molecule is Cc1ccc(Cn2c(S[C@H](C(=O)N(C)C)c3ccccc3)nc3ccccc3c2=O)cc1. The van der Waals surface area contributed by atoms with E-state index in [4.69, 9.17) is 4.98 Å². The maximum absolute atomic E-state index is 13.5. The third kappa shape index (κ3) is 4.60. The van der Waals surface area contributed by atoms with Crippen LogP contribution in [0.4, 0.5) is 0 Å². The van der Waals surface area contributed by atoms with Crippen LogP contribution in [0.25, 0.3) is 10.9 Å².